The van der Waals surface area contributed by atoms with Crippen molar-refractivity contribution in [2.45, 2.75) is 85.7 Å². The summed E-state index contributed by atoms with van der Waals surface area (Å²) in [6.45, 7) is 22.3. The summed E-state index contributed by atoms with van der Waals surface area (Å²) in [5.74, 6) is 0.653. The van der Waals surface area contributed by atoms with Gasteiger partial charge >= 0.3 is 0 Å². The van der Waals surface area contributed by atoms with Crippen molar-refractivity contribution in [3.8, 4) is 0 Å². The number of hydrogen-bond acceptors (Lipinski definition) is 3. The molecule has 2 aliphatic rings. The molecule has 0 amide bonds. The summed E-state index contributed by atoms with van der Waals surface area (Å²) < 4.78 is 5.21. The first-order valence-corrected chi connectivity index (χ1v) is 11.4. The average Bonchev–Trinajstić information content (AvgIpc) is 2.70. The third kappa shape index (κ3) is 10.6. The van der Waals surface area contributed by atoms with E-state index < -0.39 is 0 Å². The van der Waals surface area contributed by atoms with Crippen LogP contribution in [0.4, 0.5) is 0 Å². The molecule has 1 aromatic carbocycles. The maximum atomic E-state index is 5.21. The minimum absolute atomic E-state index is 0.653. The molecule has 0 saturated carbocycles. The summed E-state index contributed by atoms with van der Waals surface area (Å²) >= 11 is 0. The van der Waals surface area contributed by atoms with Gasteiger partial charge in [0.15, 0.2) is 0 Å². The molecule has 0 bridgehead atoms. The SMILES string of the molecule is CC(C)N1CCCCC1.CC(C)N1CCOCC1.Cc1ccc(C(C)C)cc1. The first-order valence-electron chi connectivity index (χ1n) is 11.4. The van der Waals surface area contributed by atoms with E-state index in [0.717, 1.165) is 32.3 Å². The van der Waals surface area contributed by atoms with Gasteiger partial charge in [-0.2, -0.15) is 0 Å². The van der Waals surface area contributed by atoms with E-state index >= 15 is 0 Å². The van der Waals surface area contributed by atoms with Gasteiger partial charge in [-0.3, -0.25) is 4.90 Å². The number of morpholine rings is 1. The van der Waals surface area contributed by atoms with Gasteiger partial charge in [-0.15, -0.1) is 0 Å². The van der Waals surface area contributed by atoms with Crippen molar-refractivity contribution >= 4 is 0 Å². The van der Waals surface area contributed by atoms with Crippen LogP contribution in [0.2, 0.25) is 0 Å². The molecule has 0 aliphatic carbocycles. The van der Waals surface area contributed by atoms with Gasteiger partial charge in [0.2, 0.25) is 0 Å². The fraction of sp³-hybridized carbons (Fsp3) is 0.760. The van der Waals surface area contributed by atoms with Crippen molar-refractivity contribution in [3.63, 3.8) is 0 Å². The molecule has 162 valence electrons. The smallest absolute Gasteiger partial charge is 0.0594 e. The summed E-state index contributed by atoms with van der Waals surface area (Å²) in [6.07, 6.45) is 4.28. The Bertz CT molecular complexity index is 462. The van der Waals surface area contributed by atoms with Gasteiger partial charge in [0.25, 0.3) is 0 Å². The lowest BCUT2D eigenvalue weighted by Crippen LogP contribution is -2.40. The molecule has 2 heterocycles. The van der Waals surface area contributed by atoms with Crippen LogP contribution in [-0.2, 0) is 4.74 Å². The second-order valence-electron chi connectivity index (χ2n) is 9.00. The molecule has 3 heteroatoms. The second kappa shape index (κ2) is 14.1. The van der Waals surface area contributed by atoms with E-state index in [-0.39, 0.29) is 0 Å². The molecule has 0 radical (unpaired) electrons. The number of nitrogens with zero attached hydrogens (tertiary/aromatic N) is 2. The summed E-state index contributed by atoms with van der Waals surface area (Å²) in [5, 5.41) is 0. The number of likely N-dealkylation sites (tertiary alicyclic amines) is 1. The zero-order chi connectivity index (χ0) is 20.9. The van der Waals surface area contributed by atoms with E-state index in [1.807, 2.05) is 0 Å². The average molecular weight is 391 g/mol. The molecular weight excluding hydrogens is 344 g/mol. The quantitative estimate of drug-likeness (QED) is 0.656. The van der Waals surface area contributed by atoms with Crippen LogP contribution < -0.4 is 0 Å². The Morgan fingerprint density at radius 2 is 1.14 bits per heavy atom. The van der Waals surface area contributed by atoms with Gasteiger partial charge in [-0.1, -0.05) is 50.1 Å². The lowest BCUT2D eigenvalue weighted by atomic mass is 10.0. The van der Waals surface area contributed by atoms with E-state index in [4.69, 9.17) is 4.74 Å². The largest absolute Gasteiger partial charge is 0.379 e. The minimum atomic E-state index is 0.653. The molecule has 0 aromatic heterocycles. The van der Waals surface area contributed by atoms with Crippen molar-refractivity contribution in [2.24, 2.45) is 0 Å². The highest BCUT2D eigenvalue weighted by molar-refractivity contribution is 5.23. The molecule has 0 N–H and O–H groups in total. The van der Waals surface area contributed by atoms with Crippen LogP contribution in [0.3, 0.4) is 0 Å². The van der Waals surface area contributed by atoms with Crippen molar-refractivity contribution in [3.05, 3.63) is 35.4 Å². The topological polar surface area (TPSA) is 15.7 Å². The van der Waals surface area contributed by atoms with Crippen molar-refractivity contribution in [2.75, 3.05) is 39.4 Å². The van der Waals surface area contributed by atoms with Crippen LogP contribution in [0.1, 0.15) is 77.8 Å². The molecule has 0 atom stereocenters. The zero-order valence-corrected chi connectivity index (χ0v) is 19.7. The van der Waals surface area contributed by atoms with Crippen LogP contribution in [0.5, 0.6) is 0 Å². The molecule has 1 aromatic rings. The van der Waals surface area contributed by atoms with Gasteiger partial charge < -0.3 is 9.64 Å². The monoisotopic (exact) mass is 390 g/mol. The van der Waals surface area contributed by atoms with Crippen LogP contribution in [0, 0.1) is 6.92 Å². The summed E-state index contributed by atoms with van der Waals surface area (Å²) in [7, 11) is 0. The van der Waals surface area contributed by atoms with Crippen LogP contribution >= 0.6 is 0 Å². The van der Waals surface area contributed by atoms with E-state index in [0.29, 0.717) is 12.0 Å². The second-order valence-corrected chi connectivity index (χ2v) is 9.00. The number of rotatable bonds is 3. The normalized spacial score (nSPS) is 18.5. The Balaban J connectivity index is 0.000000210. The van der Waals surface area contributed by atoms with Gasteiger partial charge in [0, 0.05) is 25.2 Å². The predicted octanol–water partition coefficient (Wildman–Crippen LogP) is 5.73. The van der Waals surface area contributed by atoms with Crippen molar-refractivity contribution in [1.82, 2.24) is 9.80 Å². The fourth-order valence-corrected chi connectivity index (χ4v) is 3.48. The van der Waals surface area contributed by atoms with E-state index in [2.05, 4.69) is 82.5 Å². The first kappa shape index (κ1) is 25.1. The highest BCUT2D eigenvalue weighted by Crippen LogP contribution is 2.13. The summed E-state index contributed by atoms with van der Waals surface area (Å²) in [6, 6.07) is 10.2. The number of benzene rings is 1. The van der Waals surface area contributed by atoms with E-state index in [1.165, 1.54) is 43.5 Å². The van der Waals surface area contributed by atoms with Crippen LogP contribution in [0.15, 0.2) is 24.3 Å². The fourth-order valence-electron chi connectivity index (χ4n) is 3.48. The minimum Gasteiger partial charge on any atom is -0.379 e. The molecule has 3 rings (SSSR count). The Morgan fingerprint density at radius 3 is 1.50 bits per heavy atom. The third-order valence-electron chi connectivity index (χ3n) is 5.64. The number of aryl methyl sites for hydroxylation is 1. The van der Waals surface area contributed by atoms with Gasteiger partial charge in [-0.25, -0.2) is 0 Å². The number of hydrogen-bond donors (Lipinski definition) is 0. The maximum absolute atomic E-state index is 5.21. The molecular formula is C25H46N2O. The predicted molar refractivity (Wildman–Crippen MR) is 123 cm³/mol. The first-order chi connectivity index (χ1) is 13.3. The maximum Gasteiger partial charge on any atom is 0.0594 e. The third-order valence-corrected chi connectivity index (χ3v) is 5.64. The summed E-state index contributed by atoms with van der Waals surface area (Å²) in [5.41, 5.74) is 2.76. The molecule has 3 nitrogen and oxygen atoms in total. The standard InChI is InChI=1S/C10H14.C8H17N.C7H15NO/c1-8(2)10-6-4-9(3)5-7-10;1-8(2)9-6-4-3-5-7-9;1-7(2)8-3-5-9-6-4-8/h4-8H,1-3H3;8H,3-7H2,1-2H3;7H,3-6H2,1-2H3. The van der Waals surface area contributed by atoms with E-state index in [9.17, 15) is 0 Å². The zero-order valence-electron chi connectivity index (χ0n) is 19.7. The highest BCUT2D eigenvalue weighted by atomic mass is 16.5. The molecule has 0 spiro atoms. The Kier molecular flexibility index (Phi) is 12.7. The Labute approximate surface area is 175 Å². The molecule has 2 aliphatic heterocycles. The van der Waals surface area contributed by atoms with Crippen molar-refractivity contribution in [1.29, 1.82) is 0 Å². The van der Waals surface area contributed by atoms with Crippen molar-refractivity contribution < 1.29 is 4.74 Å². The van der Waals surface area contributed by atoms with E-state index in [1.54, 1.807) is 0 Å². The molecule has 2 saturated heterocycles. The van der Waals surface area contributed by atoms with Crippen LogP contribution in [0.25, 0.3) is 0 Å². The van der Waals surface area contributed by atoms with Gasteiger partial charge in [-0.05, 0) is 72.0 Å². The lowest BCUT2D eigenvalue weighted by Gasteiger charge is -2.29. The van der Waals surface area contributed by atoms with Gasteiger partial charge in [0.05, 0.1) is 13.2 Å². The number of piperidine rings is 1. The molecule has 28 heavy (non-hydrogen) atoms. The highest BCUT2D eigenvalue weighted by Gasteiger charge is 2.12. The summed E-state index contributed by atoms with van der Waals surface area (Å²) in [4.78, 5) is 4.99. The molecule has 2 fully saturated rings. The molecule has 0 unspecified atom stereocenters. The Morgan fingerprint density at radius 1 is 0.679 bits per heavy atom. The Hall–Kier alpha value is -0.900. The lowest BCUT2D eigenvalue weighted by molar-refractivity contribution is 0.0238. The van der Waals surface area contributed by atoms with Gasteiger partial charge in [0.1, 0.15) is 0 Å². The van der Waals surface area contributed by atoms with Crippen LogP contribution in [-0.4, -0.2) is 61.3 Å². The number of ether oxygens (including phenoxy) is 1.